The van der Waals surface area contributed by atoms with Gasteiger partial charge in [0.05, 0.1) is 18.8 Å². The van der Waals surface area contributed by atoms with Crippen LogP contribution in [0.25, 0.3) is 5.69 Å². The van der Waals surface area contributed by atoms with Crippen LogP contribution in [0.15, 0.2) is 65.5 Å². The molecule has 0 spiro atoms. The van der Waals surface area contributed by atoms with Crippen molar-refractivity contribution in [2.45, 2.75) is 32.2 Å². The number of nitrogens with one attached hydrogen (secondary N) is 1. The van der Waals surface area contributed by atoms with Crippen LogP contribution in [-0.2, 0) is 0 Å². The van der Waals surface area contributed by atoms with E-state index in [1.165, 1.54) is 12.5 Å². The number of amides is 1. The molecule has 1 aromatic heterocycles. The average Bonchev–Trinajstić information content (AvgIpc) is 2.85. The second-order valence-corrected chi connectivity index (χ2v) is 8.34. The Morgan fingerprint density at radius 2 is 1.76 bits per heavy atom. The predicted octanol–water partition coefficient (Wildman–Crippen LogP) is 3.51. The lowest BCUT2D eigenvalue weighted by atomic mass is 10.0. The molecular weight excluding hydrogens is 416 g/mol. The summed E-state index contributed by atoms with van der Waals surface area (Å²) >= 11 is 0. The Bertz CT molecular complexity index is 1140. The number of carbonyl (C=O) groups is 1. The van der Waals surface area contributed by atoms with Crippen molar-refractivity contribution >= 4 is 5.91 Å². The molecule has 1 unspecified atom stereocenters. The van der Waals surface area contributed by atoms with Crippen LogP contribution < -0.4 is 15.5 Å². The first kappa shape index (κ1) is 22.7. The first-order valence-electron chi connectivity index (χ1n) is 11.4. The number of methoxy groups -OCH3 is 1. The number of ether oxygens (including phenoxy) is 1. The number of rotatable bonds is 7. The first-order chi connectivity index (χ1) is 16.1. The van der Waals surface area contributed by atoms with E-state index in [1.54, 1.807) is 18.7 Å². The molecule has 0 radical (unpaired) electrons. The van der Waals surface area contributed by atoms with Gasteiger partial charge in [-0.15, -0.1) is 0 Å². The molecule has 2 heterocycles. The van der Waals surface area contributed by atoms with E-state index in [0.717, 1.165) is 42.9 Å². The maximum Gasteiger partial charge on any atom is 0.275 e. The Balaban J connectivity index is 1.56. The molecular formula is C26H30N4O3. The van der Waals surface area contributed by atoms with E-state index in [2.05, 4.69) is 15.3 Å². The van der Waals surface area contributed by atoms with Crippen LogP contribution in [0.3, 0.4) is 0 Å². The lowest BCUT2D eigenvalue weighted by Gasteiger charge is -2.35. The van der Waals surface area contributed by atoms with Gasteiger partial charge < -0.3 is 10.1 Å². The number of carbonyl (C=O) groups excluding carboxylic acids is 1. The predicted molar refractivity (Wildman–Crippen MR) is 128 cm³/mol. The molecule has 1 atom stereocenters. The summed E-state index contributed by atoms with van der Waals surface area (Å²) in [5, 5.41) is 7.36. The van der Waals surface area contributed by atoms with Crippen LogP contribution in [0.4, 0.5) is 0 Å². The fraction of sp³-hybridized carbons (Fsp3) is 0.346. The van der Waals surface area contributed by atoms with Crippen molar-refractivity contribution in [2.75, 3.05) is 26.7 Å². The fourth-order valence-corrected chi connectivity index (χ4v) is 4.32. The minimum absolute atomic E-state index is 0.0157. The summed E-state index contributed by atoms with van der Waals surface area (Å²) < 4.78 is 6.92. The Hall–Kier alpha value is -3.45. The lowest BCUT2D eigenvalue weighted by Crippen LogP contribution is -2.42. The summed E-state index contributed by atoms with van der Waals surface area (Å²) in [7, 11) is 1.65. The number of benzene rings is 2. The van der Waals surface area contributed by atoms with Gasteiger partial charge in [0, 0.05) is 18.3 Å². The Morgan fingerprint density at radius 3 is 2.42 bits per heavy atom. The van der Waals surface area contributed by atoms with E-state index in [-0.39, 0.29) is 17.2 Å². The maximum absolute atomic E-state index is 13.1. The van der Waals surface area contributed by atoms with E-state index in [4.69, 9.17) is 4.74 Å². The highest BCUT2D eigenvalue weighted by atomic mass is 16.5. The molecule has 1 aliphatic heterocycles. The normalized spacial score (nSPS) is 15.1. The molecule has 1 aliphatic rings. The SMILES string of the molecule is COc1ccc(C(CNC(=O)c2nn(-c3ccccc3)c(C)cc2=O)N2CCCCC2)cc1. The maximum atomic E-state index is 13.1. The summed E-state index contributed by atoms with van der Waals surface area (Å²) in [4.78, 5) is 28.0. The largest absolute Gasteiger partial charge is 0.497 e. The molecule has 1 fully saturated rings. The zero-order valence-electron chi connectivity index (χ0n) is 19.2. The van der Waals surface area contributed by atoms with E-state index < -0.39 is 5.91 Å². The zero-order valence-corrected chi connectivity index (χ0v) is 19.2. The third-order valence-corrected chi connectivity index (χ3v) is 6.11. The van der Waals surface area contributed by atoms with Crippen molar-refractivity contribution in [1.29, 1.82) is 0 Å². The lowest BCUT2D eigenvalue weighted by molar-refractivity contribution is 0.0916. The fourth-order valence-electron chi connectivity index (χ4n) is 4.32. The highest BCUT2D eigenvalue weighted by Gasteiger charge is 2.24. The molecule has 172 valence electrons. The van der Waals surface area contributed by atoms with E-state index in [9.17, 15) is 9.59 Å². The van der Waals surface area contributed by atoms with Gasteiger partial charge in [0.25, 0.3) is 5.91 Å². The number of hydrogen-bond acceptors (Lipinski definition) is 5. The van der Waals surface area contributed by atoms with Crippen LogP contribution in [0.2, 0.25) is 0 Å². The van der Waals surface area contributed by atoms with Crippen molar-refractivity contribution in [3.05, 3.63) is 87.8 Å². The smallest absolute Gasteiger partial charge is 0.275 e. The van der Waals surface area contributed by atoms with E-state index in [1.807, 2.05) is 54.6 Å². The minimum Gasteiger partial charge on any atom is -0.497 e. The molecule has 0 aliphatic carbocycles. The van der Waals surface area contributed by atoms with Crippen molar-refractivity contribution in [1.82, 2.24) is 20.0 Å². The van der Waals surface area contributed by atoms with Crippen LogP contribution in [0.1, 0.15) is 47.1 Å². The molecule has 7 nitrogen and oxygen atoms in total. The number of piperidine rings is 1. The highest BCUT2D eigenvalue weighted by Crippen LogP contribution is 2.26. The average molecular weight is 447 g/mol. The monoisotopic (exact) mass is 446 g/mol. The number of nitrogens with zero attached hydrogens (tertiary/aromatic N) is 3. The summed E-state index contributed by atoms with van der Waals surface area (Å²) in [6, 6.07) is 18.9. The molecule has 4 rings (SSSR count). The third-order valence-electron chi connectivity index (χ3n) is 6.11. The molecule has 3 aromatic rings. The van der Waals surface area contributed by atoms with Gasteiger partial charge in [-0.25, -0.2) is 4.68 Å². The second-order valence-electron chi connectivity index (χ2n) is 8.34. The van der Waals surface area contributed by atoms with Crippen molar-refractivity contribution in [3.63, 3.8) is 0 Å². The van der Waals surface area contributed by atoms with Gasteiger partial charge in [0.1, 0.15) is 5.75 Å². The molecule has 1 N–H and O–H groups in total. The first-order valence-corrected chi connectivity index (χ1v) is 11.4. The Morgan fingerprint density at radius 1 is 1.06 bits per heavy atom. The number of para-hydroxylation sites is 1. The molecule has 7 heteroatoms. The van der Waals surface area contributed by atoms with Crippen LogP contribution in [0, 0.1) is 6.92 Å². The van der Waals surface area contributed by atoms with Gasteiger partial charge in [-0.2, -0.15) is 5.10 Å². The van der Waals surface area contributed by atoms with Crippen molar-refractivity contribution < 1.29 is 9.53 Å². The summed E-state index contributed by atoms with van der Waals surface area (Å²) in [5.41, 5.74) is 2.10. The van der Waals surface area contributed by atoms with Gasteiger partial charge in [0.2, 0.25) is 5.43 Å². The molecule has 33 heavy (non-hydrogen) atoms. The number of aryl methyl sites for hydroxylation is 1. The van der Waals surface area contributed by atoms with Gasteiger partial charge in [-0.3, -0.25) is 14.5 Å². The number of aromatic nitrogens is 2. The Kier molecular flexibility index (Phi) is 7.19. The van der Waals surface area contributed by atoms with Gasteiger partial charge in [-0.1, -0.05) is 36.8 Å². The number of hydrogen-bond donors (Lipinski definition) is 1. The highest BCUT2D eigenvalue weighted by molar-refractivity contribution is 5.92. The second kappa shape index (κ2) is 10.4. The molecule has 1 amide bonds. The summed E-state index contributed by atoms with van der Waals surface area (Å²) in [6.07, 6.45) is 3.51. The van der Waals surface area contributed by atoms with Crippen LogP contribution in [-0.4, -0.2) is 47.3 Å². The molecule has 0 saturated carbocycles. The third kappa shape index (κ3) is 5.31. The van der Waals surface area contributed by atoms with Gasteiger partial charge in [0.15, 0.2) is 5.69 Å². The van der Waals surface area contributed by atoms with Crippen LogP contribution in [0.5, 0.6) is 5.75 Å². The standard InChI is InChI=1S/C26H30N4O3/c1-19-17-24(31)25(28-30(19)21-9-5-3-6-10-21)26(32)27-18-23(29-15-7-4-8-16-29)20-11-13-22(33-2)14-12-20/h3,5-6,9-14,17,23H,4,7-8,15-16,18H2,1-2H3,(H,27,32). The Labute approximate surface area is 194 Å². The topological polar surface area (TPSA) is 76.5 Å². The van der Waals surface area contributed by atoms with Crippen molar-refractivity contribution in [2.24, 2.45) is 0 Å². The quantitative estimate of drug-likeness (QED) is 0.601. The molecule has 1 saturated heterocycles. The minimum atomic E-state index is -0.458. The van der Waals surface area contributed by atoms with Crippen molar-refractivity contribution in [3.8, 4) is 11.4 Å². The summed E-state index contributed by atoms with van der Waals surface area (Å²) in [5.74, 6) is 0.339. The number of likely N-dealkylation sites (tertiary alicyclic amines) is 1. The molecule has 2 aromatic carbocycles. The zero-order chi connectivity index (χ0) is 23.2. The van der Waals surface area contributed by atoms with Crippen LogP contribution >= 0.6 is 0 Å². The molecule has 0 bridgehead atoms. The van der Waals surface area contributed by atoms with Gasteiger partial charge >= 0.3 is 0 Å². The van der Waals surface area contributed by atoms with E-state index in [0.29, 0.717) is 12.2 Å². The van der Waals surface area contributed by atoms with Gasteiger partial charge in [-0.05, 0) is 62.7 Å². The summed E-state index contributed by atoms with van der Waals surface area (Å²) in [6.45, 7) is 4.16. The van der Waals surface area contributed by atoms with E-state index >= 15 is 0 Å².